The first kappa shape index (κ1) is 18.9. The largest absolute Gasteiger partial charge is 0.349 e. The first-order chi connectivity index (χ1) is 12.0. The number of nitrogens with zero attached hydrogens (tertiary/aromatic N) is 1. The van der Waals surface area contributed by atoms with Crippen molar-refractivity contribution in [3.8, 4) is 0 Å². The number of carbonyl (C=O) groups excluding carboxylic acids is 2. The van der Waals surface area contributed by atoms with Gasteiger partial charge >= 0.3 is 0 Å². The van der Waals surface area contributed by atoms with Gasteiger partial charge in [0, 0.05) is 23.5 Å². The monoisotopic (exact) mass is 357 g/mol. The Labute approximate surface area is 152 Å². The Morgan fingerprint density at radius 3 is 2.48 bits per heavy atom. The van der Waals surface area contributed by atoms with Crippen molar-refractivity contribution in [2.75, 3.05) is 27.2 Å². The van der Waals surface area contributed by atoms with Crippen LogP contribution in [0.5, 0.6) is 0 Å². The van der Waals surface area contributed by atoms with Crippen molar-refractivity contribution >= 4 is 29.2 Å². The van der Waals surface area contributed by atoms with E-state index in [0.717, 1.165) is 17.0 Å². The standard InChI is InChI=1S/C19H23N3O2S/c1-14-6-8-15(9-7-14)18(23)21-17(13-16-5-4-12-25-16)19(24)20-10-11-22(2)3/h4-9,12-13H,10-11H2,1-3H3,(H,20,24)(H,21,23)/b17-13-. The van der Waals surface area contributed by atoms with E-state index in [1.807, 2.05) is 55.6 Å². The summed E-state index contributed by atoms with van der Waals surface area (Å²) in [6.07, 6.45) is 1.70. The Balaban J connectivity index is 2.12. The summed E-state index contributed by atoms with van der Waals surface area (Å²) in [5, 5.41) is 7.49. The highest BCUT2D eigenvalue weighted by molar-refractivity contribution is 7.10. The number of amides is 2. The molecule has 0 bridgehead atoms. The zero-order valence-electron chi connectivity index (χ0n) is 14.7. The number of hydrogen-bond donors (Lipinski definition) is 2. The molecule has 0 atom stereocenters. The van der Waals surface area contributed by atoms with Gasteiger partial charge in [0.1, 0.15) is 5.70 Å². The van der Waals surface area contributed by atoms with Gasteiger partial charge in [-0.1, -0.05) is 23.8 Å². The molecule has 0 spiro atoms. The first-order valence-corrected chi connectivity index (χ1v) is 8.90. The second-order valence-corrected chi connectivity index (χ2v) is 6.93. The molecule has 5 nitrogen and oxygen atoms in total. The van der Waals surface area contributed by atoms with E-state index in [-0.39, 0.29) is 17.5 Å². The molecule has 0 aliphatic heterocycles. The van der Waals surface area contributed by atoms with Gasteiger partial charge in [0.25, 0.3) is 11.8 Å². The number of benzene rings is 1. The fourth-order valence-corrected chi connectivity index (χ4v) is 2.72. The maximum atomic E-state index is 12.5. The quantitative estimate of drug-likeness (QED) is 0.749. The fourth-order valence-electron chi connectivity index (χ4n) is 2.06. The third-order valence-electron chi connectivity index (χ3n) is 3.48. The van der Waals surface area contributed by atoms with Crippen LogP contribution in [0.1, 0.15) is 20.8 Å². The predicted molar refractivity (Wildman–Crippen MR) is 103 cm³/mol. The molecule has 0 aliphatic carbocycles. The van der Waals surface area contributed by atoms with Gasteiger partial charge in [0.15, 0.2) is 0 Å². The third kappa shape index (κ3) is 6.17. The van der Waals surface area contributed by atoms with Crippen LogP contribution in [0.25, 0.3) is 6.08 Å². The van der Waals surface area contributed by atoms with Crippen LogP contribution in [0.3, 0.4) is 0 Å². The summed E-state index contributed by atoms with van der Waals surface area (Å²) in [4.78, 5) is 27.8. The summed E-state index contributed by atoms with van der Waals surface area (Å²) in [6.45, 7) is 3.19. The lowest BCUT2D eigenvalue weighted by Gasteiger charge is -2.13. The van der Waals surface area contributed by atoms with Crippen LogP contribution >= 0.6 is 11.3 Å². The highest BCUT2D eigenvalue weighted by Crippen LogP contribution is 2.13. The lowest BCUT2D eigenvalue weighted by Crippen LogP contribution is -2.37. The molecule has 1 aromatic carbocycles. The Hall–Kier alpha value is -2.44. The van der Waals surface area contributed by atoms with Gasteiger partial charge in [-0.15, -0.1) is 11.3 Å². The summed E-state index contributed by atoms with van der Waals surface area (Å²) >= 11 is 1.51. The van der Waals surface area contributed by atoms with Gasteiger partial charge in [0.2, 0.25) is 0 Å². The number of hydrogen-bond acceptors (Lipinski definition) is 4. The van der Waals surface area contributed by atoms with Crippen LogP contribution < -0.4 is 10.6 Å². The molecule has 0 aliphatic rings. The molecule has 2 N–H and O–H groups in total. The minimum atomic E-state index is -0.300. The summed E-state index contributed by atoms with van der Waals surface area (Å²) in [5.74, 6) is -0.596. The fraction of sp³-hybridized carbons (Fsp3) is 0.263. The number of carbonyl (C=O) groups is 2. The second-order valence-electron chi connectivity index (χ2n) is 5.95. The zero-order chi connectivity index (χ0) is 18.2. The van der Waals surface area contributed by atoms with E-state index < -0.39 is 0 Å². The van der Waals surface area contributed by atoms with Crippen LogP contribution in [-0.2, 0) is 4.79 Å². The normalized spacial score (nSPS) is 11.4. The maximum Gasteiger partial charge on any atom is 0.267 e. The lowest BCUT2D eigenvalue weighted by atomic mass is 10.1. The molecule has 2 aromatic rings. The number of likely N-dealkylation sites (N-methyl/N-ethyl adjacent to an activating group) is 1. The molecular formula is C19H23N3O2S. The van der Waals surface area contributed by atoms with Crippen LogP contribution in [0.2, 0.25) is 0 Å². The molecule has 0 saturated carbocycles. The van der Waals surface area contributed by atoms with Gasteiger partial charge < -0.3 is 15.5 Å². The average molecular weight is 357 g/mol. The highest BCUT2D eigenvalue weighted by atomic mass is 32.1. The minimum Gasteiger partial charge on any atom is -0.349 e. The van der Waals surface area contributed by atoms with Crippen molar-refractivity contribution in [2.45, 2.75) is 6.92 Å². The van der Waals surface area contributed by atoms with E-state index in [2.05, 4.69) is 10.6 Å². The van der Waals surface area contributed by atoms with Crippen LogP contribution in [0, 0.1) is 6.92 Å². The van der Waals surface area contributed by atoms with E-state index in [1.54, 1.807) is 18.2 Å². The Morgan fingerprint density at radius 2 is 1.88 bits per heavy atom. The molecule has 2 amide bonds. The SMILES string of the molecule is Cc1ccc(C(=O)N/C(=C\c2cccs2)C(=O)NCCN(C)C)cc1. The van der Waals surface area contributed by atoms with Gasteiger partial charge in [-0.05, 0) is 50.7 Å². The molecule has 6 heteroatoms. The van der Waals surface area contributed by atoms with Crippen molar-refractivity contribution in [2.24, 2.45) is 0 Å². The van der Waals surface area contributed by atoms with Crippen molar-refractivity contribution in [3.05, 3.63) is 63.5 Å². The van der Waals surface area contributed by atoms with Crippen LogP contribution in [0.4, 0.5) is 0 Å². The predicted octanol–water partition coefficient (Wildman–Crippen LogP) is 2.51. The van der Waals surface area contributed by atoms with Crippen molar-refractivity contribution in [1.29, 1.82) is 0 Å². The summed E-state index contributed by atoms with van der Waals surface area (Å²) < 4.78 is 0. The van der Waals surface area contributed by atoms with Crippen LogP contribution in [0.15, 0.2) is 47.5 Å². The highest BCUT2D eigenvalue weighted by Gasteiger charge is 2.14. The van der Waals surface area contributed by atoms with Gasteiger partial charge in [-0.2, -0.15) is 0 Å². The van der Waals surface area contributed by atoms with E-state index in [9.17, 15) is 9.59 Å². The number of thiophene rings is 1. The zero-order valence-corrected chi connectivity index (χ0v) is 15.5. The molecule has 1 aromatic heterocycles. The number of aryl methyl sites for hydroxylation is 1. The number of nitrogens with one attached hydrogen (secondary N) is 2. The van der Waals surface area contributed by atoms with E-state index in [0.29, 0.717) is 12.1 Å². The topological polar surface area (TPSA) is 61.4 Å². The smallest absolute Gasteiger partial charge is 0.267 e. The molecule has 0 fully saturated rings. The van der Waals surface area contributed by atoms with Gasteiger partial charge in [-0.3, -0.25) is 9.59 Å². The molecule has 2 rings (SSSR count). The lowest BCUT2D eigenvalue weighted by molar-refractivity contribution is -0.117. The van der Waals surface area contributed by atoms with Crippen LogP contribution in [-0.4, -0.2) is 43.9 Å². The molecule has 0 saturated heterocycles. The van der Waals surface area contributed by atoms with Gasteiger partial charge in [-0.25, -0.2) is 0 Å². The molecule has 0 radical (unpaired) electrons. The Bertz CT molecular complexity index is 735. The minimum absolute atomic E-state index is 0.242. The van der Waals surface area contributed by atoms with E-state index >= 15 is 0 Å². The Morgan fingerprint density at radius 1 is 1.16 bits per heavy atom. The maximum absolute atomic E-state index is 12.5. The van der Waals surface area contributed by atoms with Crippen molar-refractivity contribution < 1.29 is 9.59 Å². The molecular weight excluding hydrogens is 334 g/mol. The summed E-state index contributed by atoms with van der Waals surface area (Å²) in [7, 11) is 3.88. The number of rotatable bonds is 7. The molecule has 132 valence electrons. The summed E-state index contributed by atoms with van der Waals surface area (Å²) in [6, 6.07) is 11.0. The molecule has 0 unspecified atom stereocenters. The van der Waals surface area contributed by atoms with E-state index in [4.69, 9.17) is 0 Å². The van der Waals surface area contributed by atoms with Gasteiger partial charge in [0.05, 0.1) is 0 Å². The van der Waals surface area contributed by atoms with Crippen molar-refractivity contribution in [3.63, 3.8) is 0 Å². The second kappa shape index (κ2) is 9.15. The molecule has 25 heavy (non-hydrogen) atoms. The molecule has 1 heterocycles. The van der Waals surface area contributed by atoms with E-state index in [1.165, 1.54) is 11.3 Å². The average Bonchev–Trinajstić information content (AvgIpc) is 3.07. The van der Waals surface area contributed by atoms with Crippen molar-refractivity contribution in [1.82, 2.24) is 15.5 Å². The summed E-state index contributed by atoms with van der Waals surface area (Å²) in [5.41, 5.74) is 1.84. The third-order valence-corrected chi connectivity index (χ3v) is 4.30. The Kier molecular flexibility index (Phi) is 6.91. The first-order valence-electron chi connectivity index (χ1n) is 8.02.